The van der Waals surface area contributed by atoms with Gasteiger partial charge in [0.1, 0.15) is 23.2 Å². The Bertz CT molecular complexity index is 637. The first kappa shape index (κ1) is 12.1. The minimum Gasteiger partial charge on any atom is -0.488 e. The Morgan fingerprint density at radius 2 is 2.42 bits per heavy atom. The molecular weight excluding hydrogens is 260 g/mol. The van der Waals surface area contributed by atoms with Gasteiger partial charge in [0.15, 0.2) is 0 Å². The van der Waals surface area contributed by atoms with Gasteiger partial charge in [-0.3, -0.25) is 0 Å². The average molecular weight is 274 g/mol. The molecule has 1 atom stereocenters. The summed E-state index contributed by atoms with van der Waals surface area (Å²) in [6, 6.07) is 6.24. The smallest absolute Gasteiger partial charge is 0.208 e. The second-order valence-electron chi connectivity index (χ2n) is 4.71. The SMILES string of the molecule is Cc1ccc2c(c1)CC(Cn1cnc(C(N)=S)n1)O2. The molecule has 5 nitrogen and oxygen atoms in total. The number of fused-ring (bicyclic) bond motifs is 1. The Kier molecular flexibility index (Phi) is 2.94. The Morgan fingerprint density at radius 3 is 3.16 bits per heavy atom. The fourth-order valence-corrected chi connectivity index (χ4v) is 2.35. The lowest BCUT2D eigenvalue weighted by atomic mass is 10.1. The molecule has 1 aliphatic heterocycles. The van der Waals surface area contributed by atoms with Crippen LogP contribution in [0.15, 0.2) is 24.5 Å². The van der Waals surface area contributed by atoms with Crippen LogP contribution in [0.1, 0.15) is 17.0 Å². The first-order valence-corrected chi connectivity index (χ1v) is 6.48. The van der Waals surface area contributed by atoms with Crippen molar-refractivity contribution in [3.63, 3.8) is 0 Å². The zero-order chi connectivity index (χ0) is 13.4. The van der Waals surface area contributed by atoms with Gasteiger partial charge in [-0.1, -0.05) is 29.9 Å². The van der Waals surface area contributed by atoms with Gasteiger partial charge in [0.25, 0.3) is 0 Å². The van der Waals surface area contributed by atoms with Gasteiger partial charge >= 0.3 is 0 Å². The van der Waals surface area contributed by atoms with Gasteiger partial charge in [-0.15, -0.1) is 5.10 Å². The van der Waals surface area contributed by atoms with Gasteiger partial charge < -0.3 is 10.5 Å². The van der Waals surface area contributed by atoms with Gasteiger partial charge in [-0.25, -0.2) is 9.67 Å². The molecule has 0 fully saturated rings. The molecule has 0 aliphatic carbocycles. The lowest BCUT2D eigenvalue weighted by Gasteiger charge is -2.09. The van der Waals surface area contributed by atoms with Crippen LogP contribution in [0.5, 0.6) is 5.75 Å². The van der Waals surface area contributed by atoms with Crippen LogP contribution in [0.4, 0.5) is 0 Å². The van der Waals surface area contributed by atoms with E-state index in [0.29, 0.717) is 12.4 Å². The standard InChI is InChI=1S/C13H14N4OS/c1-8-2-3-11-9(4-8)5-10(18-11)6-17-7-15-13(16-17)12(14)19/h2-4,7,10H,5-6H2,1H3,(H2,14,19). The van der Waals surface area contributed by atoms with E-state index in [1.54, 1.807) is 11.0 Å². The highest BCUT2D eigenvalue weighted by molar-refractivity contribution is 7.80. The van der Waals surface area contributed by atoms with E-state index >= 15 is 0 Å². The van der Waals surface area contributed by atoms with Gasteiger partial charge in [0, 0.05) is 6.42 Å². The summed E-state index contributed by atoms with van der Waals surface area (Å²) in [5, 5.41) is 4.21. The number of hydrogen-bond acceptors (Lipinski definition) is 4. The summed E-state index contributed by atoms with van der Waals surface area (Å²) < 4.78 is 7.60. The van der Waals surface area contributed by atoms with Crippen molar-refractivity contribution < 1.29 is 4.74 Å². The van der Waals surface area contributed by atoms with Crippen molar-refractivity contribution in [1.82, 2.24) is 14.8 Å². The van der Waals surface area contributed by atoms with E-state index in [0.717, 1.165) is 12.2 Å². The van der Waals surface area contributed by atoms with Crippen LogP contribution < -0.4 is 10.5 Å². The number of aryl methyl sites for hydroxylation is 1. The molecule has 1 unspecified atom stereocenters. The normalized spacial score (nSPS) is 17.0. The molecule has 2 aromatic rings. The molecule has 6 heteroatoms. The fourth-order valence-electron chi connectivity index (χ4n) is 2.26. The summed E-state index contributed by atoms with van der Waals surface area (Å²) in [6.45, 7) is 2.73. The van der Waals surface area contributed by atoms with E-state index in [1.807, 2.05) is 6.07 Å². The van der Waals surface area contributed by atoms with E-state index in [1.165, 1.54) is 11.1 Å². The molecule has 1 aliphatic rings. The van der Waals surface area contributed by atoms with E-state index in [4.69, 9.17) is 22.7 Å². The fraction of sp³-hybridized carbons (Fsp3) is 0.308. The van der Waals surface area contributed by atoms with Crippen molar-refractivity contribution in [2.24, 2.45) is 5.73 Å². The summed E-state index contributed by atoms with van der Waals surface area (Å²) in [5.74, 6) is 1.37. The number of rotatable bonds is 3. The third kappa shape index (κ3) is 2.44. The maximum atomic E-state index is 5.88. The molecule has 2 heterocycles. The van der Waals surface area contributed by atoms with Crippen molar-refractivity contribution in [3.05, 3.63) is 41.5 Å². The average Bonchev–Trinajstić information content (AvgIpc) is 2.95. The minimum atomic E-state index is 0.0812. The second kappa shape index (κ2) is 4.62. The highest BCUT2D eigenvalue weighted by Crippen LogP contribution is 2.29. The van der Waals surface area contributed by atoms with Crippen molar-refractivity contribution in [2.45, 2.75) is 26.0 Å². The van der Waals surface area contributed by atoms with Crippen molar-refractivity contribution >= 4 is 17.2 Å². The number of ether oxygens (including phenoxy) is 1. The number of nitrogens with zero attached hydrogens (tertiary/aromatic N) is 3. The maximum absolute atomic E-state index is 5.88. The lowest BCUT2D eigenvalue weighted by Crippen LogP contribution is -2.21. The van der Waals surface area contributed by atoms with Gasteiger partial charge in [-0.2, -0.15) is 0 Å². The van der Waals surface area contributed by atoms with Crippen LogP contribution in [0, 0.1) is 6.92 Å². The summed E-state index contributed by atoms with van der Waals surface area (Å²) in [4.78, 5) is 4.26. The molecular formula is C13H14N4OS. The minimum absolute atomic E-state index is 0.0812. The van der Waals surface area contributed by atoms with E-state index in [-0.39, 0.29) is 11.1 Å². The predicted octanol–water partition coefficient (Wildman–Crippen LogP) is 1.22. The Labute approximate surface area is 116 Å². The van der Waals surface area contributed by atoms with Crippen LogP contribution in [0.25, 0.3) is 0 Å². The van der Waals surface area contributed by atoms with E-state index in [9.17, 15) is 0 Å². The monoisotopic (exact) mass is 274 g/mol. The molecule has 0 amide bonds. The number of aromatic nitrogens is 3. The quantitative estimate of drug-likeness (QED) is 0.853. The van der Waals surface area contributed by atoms with E-state index < -0.39 is 0 Å². The maximum Gasteiger partial charge on any atom is 0.208 e. The highest BCUT2D eigenvalue weighted by Gasteiger charge is 2.23. The molecule has 0 bridgehead atoms. The lowest BCUT2D eigenvalue weighted by molar-refractivity contribution is 0.203. The third-order valence-corrected chi connectivity index (χ3v) is 3.29. The zero-order valence-corrected chi connectivity index (χ0v) is 11.4. The number of nitrogens with two attached hydrogens (primary N) is 1. The molecule has 19 heavy (non-hydrogen) atoms. The summed E-state index contributed by atoms with van der Waals surface area (Å²) >= 11 is 4.84. The largest absolute Gasteiger partial charge is 0.488 e. The van der Waals surface area contributed by atoms with Gasteiger partial charge in [0.05, 0.1) is 6.54 Å². The van der Waals surface area contributed by atoms with Crippen molar-refractivity contribution in [1.29, 1.82) is 0 Å². The second-order valence-corrected chi connectivity index (χ2v) is 5.15. The first-order chi connectivity index (χ1) is 9.11. The van der Waals surface area contributed by atoms with Gasteiger partial charge in [0.2, 0.25) is 5.82 Å². The number of hydrogen-bond donors (Lipinski definition) is 1. The molecule has 0 saturated carbocycles. The van der Waals surface area contributed by atoms with Crippen LogP contribution >= 0.6 is 12.2 Å². The predicted molar refractivity (Wildman–Crippen MR) is 75.2 cm³/mol. The third-order valence-electron chi connectivity index (χ3n) is 3.10. The Balaban J connectivity index is 1.71. The number of thiocarbonyl (C=S) groups is 1. The van der Waals surface area contributed by atoms with Crippen LogP contribution in [0.3, 0.4) is 0 Å². The molecule has 1 aromatic carbocycles. The number of benzene rings is 1. The summed E-state index contributed by atoms with van der Waals surface area (Å²) in [7, 11) is 0. The Morgan fingerprint density at radius 1 is 1.58 bits per heavy atom. The molecule has 0 spiro atoms. The molecule has 0 saturated heterocycles. The molecule has 0 radical (unpaired) electrons. The molecule has 1 aromatic heterocycles. The van der Waals surface area contributed by atoms with Crippen LogP contribution in [-0.2, 0) is 13.0 Å². The summed E-state index contributed by atoms with van der Waals surface area (Å²) in [6.07, 6.45) is 2.60. The zero-order valence-electron chi connectivity index (χ0n) is 10.5. The highest BCUT2D eigenvalue weighted by atomic mass is 32.1. The molecule has 3 rings (SSSR count). The summed E-state index contributed by atoms with van der Waals surface area (Å²) in [5.41, 5.74) is 7.98. The topological polar surface area (TPSA) is 66.0 Å². The Hall–Kier alpha value is -1.95. The first-order valence-electron chi connectivity index (χ1n) is 6.07. The van der Waals surface area contributed by atoms with Crippen molar-refractivity contribution in [3.8, 4) is 5.75 Å². The van der Waals surface area contributed by atoms with Crippen LogP contribution in [-0.4, -0.2) is 25.9 Å². The van der Waals surface area contributed by atoms with Crippen molar-refractivity contribution in [2.75, 3.05) is 0 Å². The molecule has 2 N–H and O–H groups in total. The molecule has 98 valence electrons. The van der Waals surface area contributed by atoms with E-state index in [2.05, 4.69) is 29.1 Å². The van der Waals surface area contributed by atoms with Gasteiger partial charge in [-0.05, 0) is 18.6 Å². The van der Waals surface area contributed by atoms with Crippen LogP contribution in [0.2, 0.25) is 0 Å².